The van der Waals surface area contributed by atoms with Crippen molar-refractivity contribution in [2.24, 2.45) is 0 Å². The molecule has 1 aromatic rings. The molecule has 0 amide bonds. The fraction of sp³-hybridized carbons (Fsp3) is 0.583. The summed E-state index contributed by atoms with van der Waals surface area (Å²) in [6, 6.07) is 1.61. The lowest BCUT2D eigenvalue weighted by molar-refractivity contribution is 0.127. The first-order valence-electron chi connectivity index (χ1n) is 5.65. The van der Waals surface area contributed by atoms with E-state index in [9.17, 15) is 0 Å². The van der Waals surface area contributed by atoms with E-state index in [1.807, 2.05) is 0 Å². The molecule has 0 aliphatic rings. The quantitative estimate of drug-likeness (QED) is 0.692. The predicted octanol–water partition coefficient (Wildman–Crippen LogP) is 0.196. The van der Waals surface area contributed by atoms with E-state index in [0.29, 0.717) is 24.7 Å². The minimum atomic E-state index is -0.132. The summed E-state index contributed by atoms with van der Waals surface area (Å²) >= 11 is 0. The first-order valence-corrected chi connectivity index (χ1v) is 5.65. The van der Waals surface area contributed by atoms with Gasteiger partial charge in [-0.3, -0.25) is 4.98 Å². The van der Waals surface area contributed by atoms with Crippen LogP contribution < -0.4 is 14.8 Å². The van der Waals surface area contributed by atoms with Crippen LogP contribution in [0.3, 0.4) is 0 Å². The van der Waals surface area contributed by atoms with Gasteiger partial charge in [0.1, 0.15) is 0 Å². The highest BCUT2D eigenvalue weighted by molar-refractivity contribution is 5.42. The molecule has 18 heavy (non-hydrogen) atoms. The highest BCUT2D eigenvalue weighted by Crippen LogP contribution is 2.28. The number of aromatic nitrogens is 1. The number of aliphatic hydroxyl groups excluding tert-OH is 1. The Labute approximate surface area is 107 Å². The minimum absolute atomic E-state index is 0.000123. The topological polar surface area (TPSA) is 72.8 Å². The van der Waals surface area contributed by atoms with Crippen LogP contribution in [0.2, 0.25) is 0 Å². The molecule has 0 saturated heterocycles. The summed E-state index contributed by atoms with van der Waals surface area (Å²) in [5.74, 6) is 1.23. The molecular formula is C12H20N2O4. The number of hydrogen-bond acceptors (Lipinski definition) is 6. The van der Waals surface area contributed by atoms with Gasteiger partial charge in [0.05, 0.1) is 39.2 Å². The van der Waals surface area contributed by atoms with Gasteiger partial charge in [-0.05, 0) is 0 Å². The van der Waals surface area contributed by atoms with Crippen molar-refractivity contribution in [3.05, 3.63) is 18.0 Å². The maximum atomic E-state index is 9.14. The molecular weight excluding hydrogens is 236 g/mol. The van der Waals surface area contributed by atoms with E-state index < -0.39 is 0 Å². The number of aliphatic hydroxyl groups is 1. The molecule has 0 spiro atoms. The number of nitrogens with one attached hydrogen (secondary N) is 1. The predicted molar refractivity (Wildman–Crippen MR) is 66.9 cm³/mol. The molecule has 102 valence electrons. The summed E-state index contributed by atoms with van der Waals surface area (Å²) in [6.45, 7) is 0.901. The summed E-state index contributed by atoms with van der Waals surface area (Å²) in [5, 5.41) is 12.3. The van der Waals surface area contributed by atoms with E-state index in [4.69, 9.17) is 19.3 Å². The highest BCUT2D eigenvalue weighted by Gasteiger charge is 2.13. The standard InChI is InChI=1S/C12H20N2O4/c1-16-8-9(7-15)14-6-10-12(18-3)11(17-2)4-5-13-10/h4-5,9,14-15H,6-8H2,1-3H3. The molecule has 0 fully saturated rings. The molecule has 0 saturated carbocycles. The normalized spacial score (nSPS) is 12.2. The SMILES string of the molecule is COCC(CO)NCc1nccc(OC)c1OC. The second-order valence-electron chi connectivity index (χ2n) is 3.71. The average Bonchev–Trinajstić information content (AvgIpc) is 2.42. The average molecular weight is 256 g/mol. The molecule has 1 rings (SSSR count). The summed E-state index contributed by atoms with van der Waals surface area (Å²) in [5.41, 5.74) is 0.728. The number of methoxy groups -OCH3 is 3. The lowest BCUT2D eigenvalue weighted by Gasteiger charge is -2.16. The van der Waals surface area contributed by atoms with Gasteiger partial charge >= 0.3 is 0 Å². The lowest BCUT2D eigenvalue weighted by Crippen LogP contribution is -2.36. The fourth-order valence-electron chi connectivity index (χ4n) is 1.59. The van der Waals surface area contributed by atoms with E-state index >= 15 is 0 Å². The zero-order chi connectivity index (χ0) is 13.4. The molecule has 0 aliphatic carbocycles. The second kappa shape index (κ2) is 7.86. The number of ether oxygens (including phenoxy) is 3. The van der Waals surface area contributed by atoms with Crippen LogP contribution >= 0.6 is 0 Å². The molecule has 6 heteroatoms. The largest absolute Gasteiger partial charge is 0.493 e. The Morgan fingerprint density at radius 1 is 1.33 bits per heavy atom. The van der Waals surface area contributed by atoms with Crippen molar-refractivity contribution in [2.45, 2.75) is 12.6 Å². The minimum Gasteiger partial charge on any atom is -0.493 e. The van der Waals surface area contributed by atoms with Crippen molar-refractivity contribution in [3.8, 4) is 11.5 Å². The maximum absolute atomic E-state index is 9.14. The Kier molecular flexibility index (Phi) is 6.42. The Morgan fingerprint density at radius 3 is 2.67 bits per heavy atom. The van der Waals surface area contributed by atoms with Crippen molar-refractivity contribution in [1.29, 1.82) is 0 Å². The second-order valence-corrected chi connectivity index (χ2v) is 3.71. The third kappa shape index (κ3) is 3.83. The molecule has 1 atom stereocenters. The van der Waals surface area contributed by atoms with Crippen LogP contribution in [-0.4, -0.2) is 50.7 Å². The van der Waals surface area contributed by atoms with Crippen LogP contribution in [0, 0.1) is 0 Å². The highest BCUT2D eigenvalue weighted by atomic mass is 16.5. The van der Waals surface area contributed by atoms with Crippen LogP contribution in [0.15, 0.2) is 12.3 Å². The van der Waals surface area contributed by atoms with Crippen molar-refractivity contribution in [3.63, 3.8) is 0 Å². The third-order valence-electron chi connectivity index (χ3n) is 2.51. The Morgan fingerprint density at radius 2 is 2.11 bits per heavy atom. The van der Waals surface area contributed by atoms with Gasteiger partial charge in [-0.15, -0.1) is 0 Å². The van der Waals surface area contributed by atoms with Crippen LogP contribution in [0.4, 0.5) is 0 Å². The third-order valence-corrected chi connectivity index (χ3v) is 2.51. The number of pyridine rings is 1. The van der Waals surface area contributed by atoms with E-state index in [0.717, 1.165) is 5.69 Å². The maximum Gasteiger partial charge on any atom is 0.183 e. The van der Waals surface area contributed by atoms with Gasteiger partial charge in [0.25, 0.3) is 0 Å². The van der Waals surface area contributed by atoms with Gasteiger partial charge in [0.15, 0.2) is 11.5 Å². The van der Waals surface area contributed by atoms with Crippen LogP contribution in [-0.2, 0) is 11.3 Å². The fourth-order valence-corrected chi connectivity index (χ4v) is 1.59. The van der Waals surface area contributed by atoms with Crippen LogP contribution in [0.25, 0.3) is 0 Å². The van der Waals surface area contributed by atoms with Crippen molar-refractivity contribution >= 4 is 0 Å². The van der Waals surface area contributed by atoms with E-state index in [1.165, 1.54) is 0 Å². The summed E-state index contributed by atoms with van der Waals surface area (Å²) in [4.78, 5) is 4.23. The van der Waals surface area contributed by atoms with Crippen molar-refractivity contribution in [1.82, 2.24) is 10.3 Å². The van der Waals surface area contributed by atoms with Crippen molar-refractivity contribution < 1.29 is 19.3 Å². The molecule has 0 aliphatic heterocycles. The molecule has 6 nitrogen and oxygen atoms in total. The van der Waals surface area contributed by atoms with Gasteiger partial charge in [-0.2, -0.15) is 0 Å². The lowest BCUT2D eigenvalue weighted by atomic mass is 10.2. The molecule has 1 aromatic heterocycles. The summed E-state index contributed by atoms with van der Waals surface area (Å²) in [6.07, 6.45) is 1.66. The number of hydrogen-bond donors (Lipinski definition) is 2. The zero-order valence-corrected chi connectivity index (χ0v) is 11.0. The molecule has 1 heterocycles. The van der Waals surface area contributed by atoms with E-state index in [2.05, 4.69) is 10.3 Å². The first kappa shape index (κ1) is 14.7. The van der Waals surface area contributed by atoms with Gasteiger partial charge in [-0.25, -0.2) is 0 Å². The molecule has 1 unspecified atom stereocenters. The summed E-state index contributed by atoms with van der Waals surface area (Å²) in [7, 11) is 4.74. The van der Waals surface area contributed by atoms with Crippen LogP contribution in [0.1, 0.15) is 5.69 Å². The molecule has 0 radical (unpaired) electrons. The zero-order valence-electron chi connectivity index (χ0n) is 11.0. The van der Waals surface area contributed by atoms with Gasteiger partial charge in [-0.1, -0.05) is 0 Å². The van der Waals surface area contributed by atoms with Gasteiger partial charge in [0, 0.05) is 25.9 Å². The molecule has 0 aromatic carbocycles. The van der Waals surface area contributed by atoms with Gasteiger partial charge in [0.2, 0.25) is 0 Å². The first-order chi connectivity index (χ1) is 8.76. The van der Waals surface area contributed by atoms with Crippen molar-refractivity contribution in [2.75, 3.05) is 34.5 Å². The van der Waals surface area contributed by atoms with Gasteiger partial charge < -0.3 is 24.6 Å². The Balaban J connectivity index is 2.71. The number of nitrogens with zero attached hydrogens (tertiary/aromatic N) is 1. The smallest absolute Gasteiger partial charge is 0.183 e. The Bertz CT molecular complexity index is 360. The monoisotopic (exact) mass is 256 g/mol. The van der Waals surface area contributed by atoms with E-state index in [1.54, 1.807) is 33.6 Å². The number of rotatable bonds is 8. The van der Waals surface area contributed by atoms with Crippen LogP contribution in [0.5, 0.6) is 11.5 Å². The molecule has 2 N–H and O–H groups in total. The Hall–Kier alpha value is -1.37. The molecule has 0 bridgehead atoms. The summed E-state index contributed by atoms with van der Waals surface area (Å²) < 4.78 is 15.4. The van der Waals surface area contributed by atoms with E-state index in [-0.39, 0.29) is 12.6 Å².